The molecule has 1 unspecified atom stereocenters. The lowest BCUT2D eigenvalue weighted by atomic mass is 9.81. The van der Waals surface area contributed by atoms with Crippen LogP contribution in [0.5, 0.6) is 5.75 Å². The van der Waals surface area contributed by atoms with Gasteiger partial charge in [0.2, 0.25) is 0 Å². The number of rotatable bonds is 6. The summed E-state index contributed by atoms with van der Waals surface area (Å²) in [6.45, 7) is 2.94. The molecular formula is C17H27NO. The van der Waals surface area contributed by atoms with E-state index in [1.54, 1.807) is 0 Å². The molecule has 1 aromatic carbocycles. The molecule has 1 atom stereocenters. The van der Waals surface area contributed by atoms with E-state index in [0.717, 1.165) is 24.7 Å². The van der Waals surface area contributed by atoms with Gasteiger partial charge in [0.05, 0.1) is 6.61 Å². The highest BCUT2D eigenvalue weighted by Crippen LogP contribution is 2.34. The van der Waals surface area contributed by atoms with E-state index in [0.29, 0.717) is 6.04 Å². The van der Waals surface area contributed by atoms with E-state index in [1.807, 2.05) is 0 Å². The molecule has 1 N–H and O–H groups in total. The zero-order valence-electron chi connectivity index (χ0n) is 12.3. The number of nitrogens with one attached hydrogen (secondary N) is 1. The normalized spacial score (nSPS) is 18.2. The van der Waals surface area contributed by atoms with Crippen molar-refractivity contribution in [1.29, 1.82) is 0 Å². The maximum atomic E-state index is 5.65. The summed E-state index contributed by atoms with van der Waals surface area (Å²) in [5.74, 6) is 1.78. The van der Waals surface area contributed by atoms with Crippen molar-refractivity contribution in [1.82, 2.24) is 5.32 Å². The van der Waals surface area contributed by atoms with Crippen molar-refractivity contribution >= 4 is 0 Å². The molecule has 0 bridgehead atoms. The molecule has 1 aliphatic rings. The molecule has 2 rings (SSSR count). The molecule has 1 saturated carbocycles. The van der Waals surface area contributed by atoms with Crippen molar-refractivity contribution in [2.45, 2.75) is 51.5 Å². The fourth-order valence-corrected chi connectivity index (χ4v) is 3.13. The van der Waals surface area contributed by atoms with Gasteiger partial charge in [0.25, 0.3) is 0 Å². The van der Waals surface area contributed by atoms with Crippen LogP contribution in [0.2, 0.25) is 0 Å². The van der Waals surface area contributed by atoms with Gasteiger partial charge in [-0.25, -0.2) is 0 Å². The molecule has 0 aromatic heterocycles. The van der Waals surface area contributed by atoms with Crippen molar-refractivity contribution in [3.8, 4) is 5.75 Å². The Labute approximate surface area is 117 Å². The topological polar surface area (TPSA) is 21.3 Å². The first kappa shape index (κ1) is 14.4. The van der Waals surface area contributed by atoms with Crippen LogP contribution in [0.4, 0.5) is 0 Å². The van der Waals surface area contributed by atoms with Gasteiger partial charge in [-0.3, -0.25) is 0 Å². The summed E-state index contributed by atoms with van der Waals surface area (Å²) in [5.41, 5.74) is 1.40. The van der Waals surface area contributed by atoms with Crippen LogP contribution < -0.4 is 10.1 Å². The quantitative estimate of drug-likeness (QED) is 0.823. The molecule has 0 radical (unpaired) electrons. The maximum Gasteiger partial charge on any atom is 0.119 e. The Hall–Kier alpha value is -1.02. The van der Waals surface area contributed by atoms with Crippen LogP contribution in [0.15, 0.2) is 24.3 Å². The van der Waals surface area contributed by atoms with Crippen LogP contribution in [0.3, 0.4) is 0 Å². The van der Waals surface area contributed by atoms with Gasteiger partial charge in [0.1, 0.15) is 5.75 Å². The molecule has 0 heterocycles. The summed E-state index contributed by atoms with van der Waals surface area (Å²) in [6, 6.07) is 9.17. The molecule has 0 amide bonds. The first-order valence-electron chi connectivity index (χ1n) is 7.75. The van der Waals surface area contributed by atoms with E-state index in [1.165, 1.54) is 37.7 Å². The third kappa shape index (κ3) is 3.97. The second-order valence-corrected chi connectivity index (χ2v) is 5.58. The molecule has 19 heavy (non-hydrogen) atoms. The predicted molar refractivity (Wildman–Crippen MR) is 80.6 cm³/mol. The predicted octanol–water partition coefficient (Wildman–Crippen LogP) is 4.32. The van der Waals surface area contributed by atoms with Crippen molar-refractivity contribution < 1.29 is 4.74 Å². The Morgan fingerprint density at radius 2 is 1.84 bits per heavy atom. The molecule has 106 valence electrons. The Morgan fingerprint density at radius 3 is 2.42 bits per heavy atom. The second kappa shape index (κ2) is 7.54. The van der Waals surface area contributed by atoms with Crippen LogP contribution in [0.1, 0.15) is 57.1 Å². The molecule has 1 aliphatic carbocycles. The van der Waals surface area contributed by atoms with Crippen molar-refractivity contribution in [3.63, 3.8) is 0 Å². The molecular weight excluding hydrogens is 234 g/mol. The van der Waals surface area contributed by atoms with E-state index in [4.69, 9.17) is 4.74 Å². The van der Waals surface area contributed by atoms with Gasteiger partial charge in [-0.1, -0.05) is 38.3 Å². The fraction of sp³-hybridized carbons (Fsp3) is 0.647. The van der Waals surface area contributed by atoms with Crippen LogP contribution >= 0.6 is 0 Å². The van der Waals surface area contributed by atoms with Gasteiger partial charge in [0, 0.05) is 6.04 Å². The summed E-state index contributed by atoms with van der Waals surface area (Å²) in [4.78, 5) is 0. The summed E-state index contributed by atoms with van der Waals surface area (Å²) in [5, 5.41) is 3.51. The molecule has 0 aliphatic heterocycles. The van der Waals surface area contributed by atoms with Gasteiger partial charge in [-0.15, -0.1) is 0 Å². The van der Waals surface area contributed by atoms with Gasteiger partial charge >= 0.3 is 0 Å². The van der Waals surface area contributed by atoms with Gasteiger partial charge in [-0.2, -0.15) is 0 Å². The first-order valence-corrected chi connectivity index (χ1v) is 7.75. The Bertz CT molecular complexity index is 354. The number of ether oxygens (including phenoxy) is 1. The lowest BCUT2D eigenvalue weighted by molar-refractivity contribution is 0.281. The third-order valence-electron chi connectivity index (χ3n) is 4.14. The maximum absolute atomic E-state index is 5.65. The largest absolute Gasteiger partial charge is 0.494 e. The molecule has 0 saturated heterocycles. The number of hydrogen-bond donors (Lipinski definition) is 1. The second-order valence-electron chi connectivity index (χ2n) is 5.58. The van der Waals surface area contributed by atoms with Gasteiger partial charge in [0.15, 0.2) is 0 Å². The molecule has 0 spiro atoms. The highest BCUT2D eigenvalue weighted by Gasteiger charge is 2.23. The lowest BCUT2D eigenvalue weighted by Gasteiger charge is -2.30. The third-order valence-corrected chi connectivity index (χ3v) is 4.14. The lowest BCUT2D eigenvalue weighted by Crippen LogP contribution is -2.26. The average Bonchev–Trinajstić information content (AvgIpc) is 2.48. The molecule has 2 nitrogen and oxygen atoms in total. The van der Waals surface area contributed by atoms with E-state index in [-0.39, 0.29) is 0 Å². The summed E-state index contributed by atoms with van der Waals surface area (Å²) < 4.78 is 5.65. The van der Waals surface area contributed by atoms with E-state index in [2.05, 4.69) is 43.6 Å². The standard InChI is InChI=1S/C17H27NO/c1-3-13-19-16-11-9-15(10-12-16)17(18-2)14-7-5-4-6-8-14/h9-12,14,17-18H,3-8,13H2,1-2H3. The van der Waals surface area contributed by atoms with E-state index >= 15 is 0 Å². The molecule has 2 heteroatoms. The summed E-state index contributed by atoms with van der Waals surface area (Å²) >= 11 is 0. The van der Waals surface area contributed by atoms with E-state index in [9.17, 15) is 0 Å². The Kier molecular flexibility index (Phi) is 5.71. The van der Waals surface area contributed by atoms with E-state index < -0.39 is 0 Å². The highest BCUT2D eigenvalue weighted by atomic mass is 16.5. The monoisotopic (exact) mass is 261 g/mol. The van der Waals surface area contributed by atoms with Crippen LogP contribution in [0.25, 0.3) is 0 Å². The zero-order chi connectivity index (χ0) is 13.5. The minimum absolute atomic E-state index is 0.500. The van der Waals surface area contributed by atoms with Crippen LogP contribution in [0, 0.1) is 5.92 Å². The Morgan fingerprint density at radius 1 is 1.16 bits per heavy atom. The smallest absolute Gasteiger partial charge is 0.119 e. The minimum Gasteiger partial charge on any atom is -0.494 e. The first-order chi connectivity index (χ1) is 9.35. The fourth-order valence-electron chi connectivity index (χ4n) is 3.13. The van der Waals surface area contributed by atoms with Crippen molar-refractivity contribution in [3.05, 3.63) is 29.8 Å². The van der Waals surface area contributed by atoms with Gasteiger partial charge < -0.3 is 10.1 Å². The highest BCUT2D eigenvalue weighted by molar-refractivity contribution is 5.29. The van der Waals surface area contributed by atoms with Crippen LogP contribution in [-0.2, 0) is 0 Å². The van der Waals surface area contributed by atoms with Gasteiger partial charge in [-0.05, 0) is 49.9 Å². The SMILES string of the molecule is CCCOc1ccc(C(NC)C2CCCCC2)cc1. The zero-order valence-corrected chi connectivity index (χ0v) is 12.3. The number of benzene rings is 1. The van der Waals surface area contributed by atoms with Crippen molar-refractivity contribution in [2.24, 2.45) is 5.92 Å². The van der Waals surface area contributed by atoms with Crippen LogP contribution in [-0.4, -0.2) is 13.7 Å². The number of hydrogen-bond acceptors (Lipinski definition) is 2. The Balaban J connectivity index is 2.01. The molecule has 1 fully saturated rings. The summed E-state index contributed by atoms with van der Waals surface area (Å²) in [7, 11) is 2.08. The molecule has 1 aromatic rings. The average molecular weight is 261 g/mol. The summed E-state index contributed by atoms with van der Waals surface area (Å²) in [6.07, 6.45) is 7.97. The minimum atomic E-state index is 0.500. The van der Waals surface area contributed by atoms with Crippen molar-refractivity contribution in [2.75, 3.05) is 13.7 Å².